The first-order valence-electron chi connectivity index (χ1n) is 7.47. The molecule has 25 heavy (non-hydrogen) atoms. The zero-order chi connectivity index (χ0) is 18.4. The van der Waals surface area contributed by atoms with E-state index >= 15 is 0 Å². The molecular weight excluding hydrogens is 348 g/mol. The fraction of sp³-hybridized carbons (Fsp3) is 0.250. The highest BCUT2D eigenvalue weighted by Gasteiger charge is 2.10. The van der Waals surface area contributed by atoms with Crippen molar-refractivity contribution in [3.63, 3.8) is 0 Å². The van der Waals surface area contributed by atoms with Crippen molar-refractivity contribution < 1.29 is 9.53 Å². The van der Waals surface area contributed by atoms with Crippen molar-refractivity contribution in [2.24, 2.45) is 5.10 Å². The normalized spacial score (nSPS) is 10.8. The first-order chi connectivity index (χ1) is 11.9. The van der Waals surface area contributed by atoms with Gasteiger partial charge in [-0.1, -0.05) is 11.6 Å². The summed E-state index contributed by atoms with van der Waals surface area (Å²) in [6.07, 6.45) is 1.21. The van der Waals surface area contributed by atoms with E-state index in [2.05, 4.69) is 20.5 Å². The Balaban J connectivity index is 2.00. The fourth-order valence-corrected chi connectivity index (χ4v) is 2.33. The topological polar surface area (TPSA) is 116 Å². The lowest BCUT2D eigenvalue weighted by atomic mass is 10.1. The lowest BCUT2D eigenvalue weighted by Crippen LogP contribution is -2.30. The molecule has 0 aliphatic rings. The maximum absolute atomic E-state index is 11.9. The summed E-state index contributed by atoms with van der Waals surface area (Å²) < 4.78 is 5.33. The maximum atomic E-state index is 11.9. The number of aromatic nitrogens is 2. The Bertz CT molecular complexity index is 917. The summed E-state index contributed by atoms with van der Waals surface area (Å²) in [5.41, 5.74) is 2.30. The van der Waals surface area contributed by atoms with E-state index in [1.807, 2.05) is 6.92 Å². The van der Waals surface area contributed by atoms with Gasteiger partial charge in [-0.25, -0.2) is 10.2 Å². The Morgan fingerprint density at radius 3 is 2.76 bits per heavy atom. The minimum atomic E-state index is -0.614. The van der Waals surface area contributed by atoms with Gasteiger partial charge in [0.25, 0.3) is 5.56 Å². The van der Waals surface area contributed by atoms with Crippen LogP contribution in [-0.2, 0) is 11.2 Å². The van der Waals surface area contributed by atoms with E-state index in [1.54, 1.807) is 25.1 Å². The van der Waals surface area contributed by atoms with Gasteiger partial charge in [0.1, 0.15) is 5.75 Å². The molecule has 0 fully saturated rings. The van der Waals surface area contributed by atoms with Crippen molar-refractivity contribution in [2.45, 2.75) is 20.3 Å². The first kappa shape index (κ1) is 18.5. The summed E-state index contributed by atoms with van der Waals surface area (Å²) >= 11 is 6.06. The third-order valence-corrected chi connectivity index (χ3v) is 3.55. The quantitative estimate of drug-likeness (QED) is 0.526. The van der Waals surface area contributed by atoms with Gasteiger partial charge in [0.15, 0.2) is 0 Å². The number of carbonyl (C=O) groups is 1. The number of rotatable bonds is 6. The number of amides is 1. The number of H-pyrrole nitrogens is 2. The molecule has 0 saturated carbocycles. The average molecular weight is 365 g/mol. The van der Waals surface area contributed by atoms with Crippen LogP contribution in [0.2, 0.25) is 5.02 Å². The van der Waals surface area contributed by atoms with Crippen LogP contribution in [0.15, 0.2) is 32.9 Å². The van der Waals surface area contributed by atoms with Crippen LogP contribution in [0.3, 0.4) is 0 Å². The molecule has 1 aromatic heterocycles. The molecule has 0 bridgehead atoms. The number of hydrazone groups is 1. The van der Waals surface area contributed by atoms with Crippen LogP contribution < -0.4 is 21.4 Å². The van der Waals surface area contributed by atoms with Crippen molar-refractivity contribution in [1.82, 2.24) is 15.4 Å². The van der Waals surface area contributed by atoms with Crippen molar-refractivity contribution in [1.29, 1.82) is 0 Å². The third kappa shape index (κ3) is 5.05. The molecule has 0 aliphatic heterocycles. The first-order valence-corrected chi connectivity index (χ1v) is 7.84. The molecule has 0 unspecified atom stereocenters. The Hall–Kier alpha value is -2.87. The number of halogens is 1. The molecule has 1 heterocycles. The second-order valence-corrected chi connectivity index (χ2v) is 5.51. The number of aryl methyl sites for hydroxylation is 1. The number of benzene rings is 1. The number of hydrogen-bond acceptors (Lipinski definition) is 5. The number of nitrogens with one attached hydrogen (secondary N) is 3. The van der Waals surface area contributed by atoms with E-state index in [-0.39, 0.29) is 12.0 Å². The van der Waals surface area contributed by atoms with E-state index in [9.17, 15) is 14.4 Å². The molecule has 0 atom stereocenters. The molecule has 8 nitrogen and oxygen atoms in total. The predicted molar refractivity (Wildman–Crippen MR) is 94.5 cm³/mol. The summed E-state index contributed by atoms with van der Waals surface area (Å²) in [4.78, 5) is 39.2. The minimum absolute atomic E-state index is 0.177. The van der Waals surface area contributed by atoms with Gasteiger partial charge in [-0.05, 0) is 37.6 Å². The second kappa shape index (κ2) is 8.29. The third-order valence-electron chi connectivity index (χ3n) is 3.25. The van der Waals surface area contributed by atoms with Crippen LogP contribution in [0.4, 0.5) is 0 Å². The van der Waals surface area contributed by atoms with Crippen molar-refractivity contribution in [3.8, 4) is 5.75 Å². The highest BCUT2D eigenvalue weighted by Crippen LogP contribution is 2.24. The van der Waals surface area contributed by atoms with E-state index in [0.717, 1.165) is 0 Å². The van der Waals surface area contributed by atoms with Crippen LogP contribution in [0.1, 0.15) is 23.7 Å². The molecule has 2 rings (SSSR count). The number of hydrogen-bond donors (Lipinski definition) is 3. The Morgan fingerprint density at radius 2 is 2.12 bits per heavy atom. The van der Waals surface area contributed by atoms with Gasteiger partial charge in [0.05, 0.1) is 24.3 Å². The molecule has 0 saturated heterocycles. The molecule has 1 amide bonds. The maximum Gasteiger partial charge on any atom is 0.325 e. The van der Waals surface area contributed by atoms with Gasteiger partial charge >= 0.3 is 5.69 Å². The summed E-state index contributed by atoms with van der Waals surface area (Å²) in [6, 6.07) is 5.10. The number of ether oxygens (including phenoxy) is 1. The van der Waals surface area contributed by atoms with Crippen molar-refractivity contribution >= 4 is 23.7 Å². The minimum Gasteiger partial charge on any atom is -0.492 e. The zero-order valence-corrected chi connectivity index (χ0v) is 14.4. The van der Waals surface area contributed by atoms with Gasteiger partial charge in [-0.3, -0.25) is 14.6 Å². The largest absolute Gasteiger partial charge is 0.492 e. The Labute approximate surface area is 147 Å². The van der Waals surface area contributed by atoms with Gasteiger partial charge in [-0.2, -0.15) is 5.10 Å². The summed E-state index contributed by atoms with van der Waals surface area (Å²) in [5, 5.41) is 4.26. The smallest absolute Gasteiger partial charge is 0.325 e. The predicted octanol–water partition coefficient (Wildman–Crippen LogP) is 1.12. The highest BCUT2D eigenvalue weighted by atomic mass is 35.5. The average Bonchev–Trinajstić information content (AvgIpc) is 2.53. The van der Waals surface area contributed by atoms with Crippen molar-refractivity contribution in [2.75, 3.05) is 6.61 Å². The summed E-state index contributed by atoms with van der Waals surface area (Å²) in [7, 11) is 0. The Kier molecular flexibility index (Phi) is 6.13. The van der Waals surface area contributed by atoms with Crippen LogP contribution >= 0.6 is 11.6 Å². The van der Waals surface area contributed by atoms with Gasteiger partial charge in [0.2, 0.25) is 5.91 Å². The fourth-order valence-electron chi connectivity index (χ4n) is 2.09. The molecule has 9 heteroatoms. The molecule has 132 valence electrons. The zero-order valence-electron chi connectivity index (χ0n) is 13.7. The molecule has 0 spiro atoms. The van der Waals surface area contributed by atoms with Gasteiger partial charge in [0, 0.05) is 11.3 Å². The van der Waals surface area contributed by atoms with E-state index in [0.29, 0.717) is 28.6 Å². The summed E-state index contributed by atoms with van der Waals surface area (Å²) in [6.45, 7) is 3.91. The molecule has 0 radical (unpaired) electrons. The Morgan fingerprint density at radius 1 is 1.36 bits per heavy atom. The second-order valence-electron chi connectivity index (χ2n) is 5.10. The SMILES string of the molecule is CCOc1ccc(/C=N\NC(=O)Cc2c(C)[nH]c(=O)[nH]c2=O)cc1Cl. The van der Waals surface area contributed by atoms with Crippen LogP contribution in [0, 0.1) is 6.92 Å². The molecular formula is C16H17ClN4O4. The molecule has 0 aliphatic carbocycles. The number of nitrogens with zero attached hydrogens (tertiary/aromatic N) is 1. The number of aromatic amines is 2. The van der Waals surface area contributed by atoms with Crippen LogP contribution in [0.5, 0.6) is 5.75 Å². The van der Waals surface area contributed by atoms with Gasteiger partial charge < -0.3 is 9.72 Å². The van der Waals surface area contributed by atoms with Crippen LogP contribution in [0.25, 0.3) is 0 Å². The standard InChI is InChI=1S/C16H17ClN4O4/c1-3-25-13-5-4-10(6-12(13)17)8-18-21-14(22)7-11-9(2)19-16(24)20-15(11)23/h4-6,8H,3,7H2,1-2H3,(H,21,22)(H2,19,20,23,24)/b18-8-. The molecule has 2 aromatic rings. The van der Waals surface area contributed by atoms with E-state index in [1.165, 1.54) is 6.21 Å². The molecule has 1 aromatic carbocycles. The van der Waals surface area contributed by atoms with Crippen molar-refractivity contribution in [3.05, 3.63) is 60.9 Å². The highest BCUT2D eigenvalue weighted by molar-refractivity contribution is 6.32. The lowest BCUT2D eigenvalue weighted by molar-refractivity contribution is -0.120. The lowest BCUT2D eigenvalue weighted by Gasteiger charge is -2.05. The van der Waals surface area contributed by atoms with Gasteiger partial charge in [-0.15, -0.1) is 0 Å². The number of carbonyl (C=O) groups excluding carboxylic acids is 1. The summed E-state index contributed by atoms with van der Waals surface area (Å²) in [5.74, 6) is 0.0760. The van der Waals surface area contributed by atoms with Crippen LogP contribution in [-0.4, -0.2) is 28.7 Å². The monoisotopic (exact) mass is 364 g/mol. The van der Waals surface area contributed by atoms with E-state index in [4.69, 9.17) is 16.3 Å². The molecule has 3 N–H and O–H groups in total. The van der Waals surface area contributed by atoms with E-state index < -0.39 is 17.2 Å².